The van der Waals surface area contributed by atoms with Gasteiger partial charge in [0.2, 0.25) is 0 Å². The number of hydroxylamine groups is 1. The van der Waals surface area contributed by atoms with Crippen LogP contribution in [0.5, 0.6) is 0 Å². The van der Waals surface area contributed by atoms with Crippen LogP contribution in [0, 0.1) is 6.92 Å². The van der Waals surface area contributed by atoms with Crippen molar-refractivity contribution in [2.75, 3.05) is 13.2 Å². The second-order valence-corrected chi connectivity index (χ2v) is 6.59. The Bertz CT molecular complexity index is 822. The van der Waals surface area contributed by atoms with Crippen LogP contribution in [-0.2, 0) is 19.9 Å². The topological polar surface area (TPSA) is 59.9 Å². The van der Waals surface area contributed by atoms with E-state index >= 15 is 0 Å². The minimum Gasteiger partial charge on any atom is -0.371 e. The molecule has 0 saturated heterocycles. The monoisotopic (exact) mass is 358 g/mol. The van der Waals surface area contributed by atoms with Crippen molar-refractivity contribution >= 4 is 23.9 Å². The van der Waals surface area contributed by atoms with Gasteiger partial charge in [0.25, 0.3) is 0 Å². The molecular weight excluding hydrogens is 340 g/mol. The average Bonchev–Trinajstić information content (AvgIpc) is 2.62. The first-order chi connectivity index (χ1) is 12.0. The number of ether oxygens (including phenoxy) is 1. The molecule has 3 rings (SSSR count). The van der Waals surface area contributed by atoms with Crippen LogP contribution in [0.2, 0.25) is 5.02 Å². The Balaban J connectivity index is 1.95. The van der Waals surface area contributed by atoms with Crippen LogP contribution in [0.25, 0.3) is 11.1 Å². The molecule has 0 bridgehead atoms. The smallest absolute Gasteiger partial charge is 0.320 e. The molecule has 0 amide bonds. The van der Waals surface area contributed by atoms with Gasteiger partial charge in [-0.3, -0.25) is 9.79 Å². The molecule has 6 heteroatoms. The Morgan fingerprint density at radius 3 is 2.84 bits per heavy atom. The lowest BCUT2D eigenvalue weighted by molar-refractivity contribution is -0.132. The van der Waals surface area contributed by atoms with Crippen molar-refractivity contribution in [3.05, 3.63) is 58.6 Å². The van der Waals surface area contributed by atoms with E-state index in [1.54, 1.807) is 0 Å². The summed E-state index contributed by atoms with van der Waals surface area (Å²) in [5.41, 5.74) is 6.16. The zero-order chi connectivity index (χ0) is 17.9. The Hall–Kier alpha value is -2.37. The molecule has 0 radical (unpaired) electrons. The van der Waals surface area contributed by atoms with Crippen molar-refractivity contribution < 1.29 is 14.4 Å². The Morgan fingerprint density at radius 1 is 1.28 bits per heavy atom. The predicted octanol–water partition coefficient (Wildman–Crippen LogP) is 3.64. The second kappa shape index (κ2) is 7.25. The highest BCUT2D eigenvalue weighted by Crippen LogP contribution is 2.32. The number of aliphatic imine (C=N–C) groups is 1. The summed E-state index contributed by atoms with van der Waals surface area (Å²) in [4.78, 5) is 19.6. The van der Waals surface area contributed by atoms with Crippen molar-refractivity contribution in [3.8, 4) is 11.1 Å². The minimum atomic E-state index is -0.565. The average molecular weight is 359 g/mol. The zero-order valence-electron chi connectivity index (χ0n) is 14.1. The molecule has 2 aromatic carbocycles. The molecule has 1 unspecified atom stereocenters. The SMILES string of the molecule is Cc1cc(-c2cccc(C3(C)COCC(NOC=O)=N3)c2)ccc1Cl. The van der Waals surface area contributed by atoms with Gasteiger partial charge in [0, 0.05) is 5.02 Å². The molecule has 0 aromatic heterocycles. The van der Waals surface area contributed by atoms with Crippen LogP contribution in [0.15, 0.2) is 47.5 Å². The van der Waals surface area contributed by atoms with E-state index in [-0.39, 0.29) is 6.61 Å². The van der Waals surface area contributed by atoms with Gasteiger partial charge in [-0.15, -0.1) is 0 Å². The number of nitrogens with zero attached hydrogens (tertiary/aromatic N) is 1. The van der Waals surface area contributed by atoms with Gasteiger partial charge in [-0.25, -0.2) is 5.48 Å². The van der Waals surface area contributed by atoms with Crippen molar-refractivity contribution in [1.29, 1.82) is 0 Å². The maximum Gasteiger partial charge on any atom is 0.320 e. The van der Waals surface area contributed by atoms with E-state index in [1.807, 2.05) is 38.1 Å². The van der Waals surface area contributed by atoms with Gasteiger partial charge in [-0.1, -0.05) is 35.9 Å². The number of carbonyl (C=O) groups excluding carboxylic acids is 1. The summed E-state index contributed by atoms with van der Waals surface area (Å²) >= 11 is 6.12. The normalized spacial score (nSPS) is 19.9. The number of benzene rings is 2. The largest absolute Gasteiger partial charge is 0.371 e. The summed E-state index contributed by atoms with van der Waals surface area (Å²) in [6.45, 7) is 5.02. The fourth-order valence-corrected chi connectivity index (χ4v) is 2.98. The number of aryl methyl sites for hydroxylation is 1. The van der Waals surface area contributed by atoms with Gasteiger partial charge in [0.15, 0.2) is 5.84 Å². The van der Waals surface area contributed by atoms with Gasteiger partial charge in [0.05, 0.1) is 6.61 Å². The molecule has 1 aliphatic rings. The lowest BCUT2D eigenvalue weighted by Gasteiger charge is -2.31. The fraction of sp³-hybridized carbons (Fsp3) is 0.263. The molecule has 0 aliphatic carbocycles. The first-order valence-corrected chi connectivity index (χ1v) is 8.28. The van der Waals surface area contributed by atoms with E-state index < -0.39 is 5.54 Å². The van der Waals surface area contributed by atoms with E-state index in [2.05, 4.69) is 33.5 Å². The number of carbonyl (C=O) groups is 1. The van der Waals surface area contributed by atoms with Crippen molar-refractivity contribution in [3.63, 3.8) is 0 Å². The van der Waals surface area contributed by atoms with Crippen molar-refractivity contribution in [2.24, 2.45) is 4.99 Å². The third-order valence-corrected chi connectivity index (χ3v) is 4.63. The maximum atomic E-state index is 10.3. The third-order valence-electron chi connectivity index (χ3n) is 4.20. The number of hydrogen-bond acceptors (Lipinski definition) is 5. The second-order valence-electron chi connectivity index (χ2n) is 6.19. The first-order valence-electron chi connectivity index (χ1n) is 7.91. The summed E-state index contributed by atoms with van der Waals surface area (Å²) in [7, 11) is 0. The summed E-state index contributed by atoms with van der Waals surface area (Å²) in [5.74, 6) is 0.480. The Morgan fingerprint density at radius 2 is 2.08 bits per heavy atom. The molecule has 1 atom stereocenters. The van der Waals surface area contributed by atoms with E-state index in [0.29, 0.717) is 18.9 Å². The van der Waals surface area contributed by atoms with Crippen molar-refractivity contribution in [2.45, 2.75) is 19.4 Å². The fourth-order valence-electron chi connectivity index (χ4n) is 2.86. The van der Waals surface area contributed by atoms with E-state index in [1.165, 1.54) is 0 Å². The molecule has 0 fully saturated rings. The molecule has 130 valence electrons. The summed E-state index contributed by atoms with van der Waals surface area (Å²) < 4.78 is 5.62. The Kier molecular flexibility index (Phi) is 5.06. The van der Waals surface area contributed by atoms with E-state index in [4.69, 9.17) is 16.3 Å². The van der Waals surface area contributed by atoms with Gasteiger partial charge < -0.3 is 9.57 Å². The summed E-state index contributed by atoms with van der Waals surface area (Å²) in [6, 6.07) is 14.1. The van der Waals surface area contributed by atoms with Crippen LogP contribution in [0.1, 0.15) is 18.1 Å². The van der Waals surface area contributed by atoms with E-state index in [0.717, 1.165) is 27.3 Å². The molecule has 1 heterocycles. The van der Waals surface area contributed by atoms with Crippen LogP contribution >= 0.6 is 11.6 Å². The molecule has 25 heavy (non-hydrogen) atoms. The number of nitrogens with one attached hydrogen (secondary N) is 1. The number of amidine groups is 1. The van der Waals surface area contributed by atoms with Crippen LogP contribution < -0.4 is 5.48 Å². The third kappa shape index (κ3) is 3.83. The zero-order valence-corrected chi connectivity index (χ0v) is 14.8. The molecule has 0 spiro atoms. The highest BCUT2D eigenvalue weighted by atomic mass is 35.5. The van der Waals surface area contributed by atoms with Gasteiger partial charge in [-0.05, 0) is 54.3 Å². The number of halogens is 1. The summed E-state index contributed by atoms with van der Waals surface area (Å²) in [5, 5.41) is 0.753. The molecule has 1 aliphatic heterocycles. The summed E-state index contributed by atoms with van der Waals surface area (Å²) in [6.07, 6.45) is 0. The molecule has 0 saturated carbocycles. The predicted molar refractivity (Wildman–Crippen MR) is 97.5 cm³/mol. The van der Waals surface area contributed by atoms with Gasteiger partial charge >= 0.3 is 6.47 Å². The van der Waals surface area contributed by atoms with Gasteiger partial charge in [0.1, 0.15) is 12.1 Å². The molecular formula is C19H19ClN2O3. The number of rotatable bonds is 4. The highest BCUT2D eigenvalue weighted by Gasteiger charge is 2.31. The van der Waals surface area contributed by atoms with Crippen LogP contribution in [0.3, 0.4) is 0 Å². The molecule has 1 N–H and O–H groups in total. The lowest BCUT2D eigenvalue weighted by atomic mass is 9.90. The standard InChI is InChI=1S/C19H19ClN2O3/c1-13-8-15(6-7-17(13)20)14-4-3-5-16(9-14)19(2)11-24-10-18(21-19)22-25-12-23/h3-9,12H,10-11H2,1-2H3,(H,21,22). The van der Waals surface area contributed by atoms with E-state index in [9.17, 15) is 4.79 Å². The van der Waals surface area contributed by atoms with Crippen LogP contribution in [0.4, 0.5) is 0 Å². The maximum absolute atomic E-state index is 10.3. The van der Waals surface area contributed by atoms with Crippen molar-refractivity contribution in [1.82, 2.24) is 5.48 Å². The lowest BCUT2D eigenvalue weighted by Crippen LogP contribution is -2.40. The minimum absolute atomic E-state index is 0.277. The Labute approximate surface area is 151 Å². The van der Waals surface area contributed by atoms with Gasteiger partial charge in [-0.2, -0.15) is 0 Å². The molecule has 5 nitrogen and oxygen atoms in total. The number of hydrogen-bond donors (Lipinski definition) is 1. The molecule has 2 aromatic rings. The van der Waals surface area contributed by atoms with Crippen LogP contribution in [-0.4, -0.2) is 25.5 Å². The highest BCUT2D eigenvalue weighted by molar-refractivity contribution is 6.31. The first kappa shape index (κ1) is 17.5. The quantitative estimate of drug-likeness (QED) is 0.669.